The lowest BCUT2D eigenvalue weighted by atomic mass is 10.0. The molecule has 1 aromatic heterocycles. The third-order valence-electron chi connectivity index (χ3n) is 3.45. The first-order valence-electron chi connectivity index (χ1n) is 6.58. The Balaban J connectivity index is 1.59. The molecule has 0 spiro atoms. The molecule has 0 aliphatic heterocycles. The molecule has 3 rings (SSSR count). The molecule has 94 valence electrons. The van der Waals surface area contributed by atoms with Crippen LogP contribution in [0.15, 0.2) is 36.7 Å². The highest BCUT2D eigenvalue weighted by atomic mass is 16.5. The van der Waals surface area contributed by atoms with E-state index in [-0.39, 0.29) is 0 Å². The Bertz CT molecular complexity index is 504. The molecule has 18 heavy (non-hydrogen) atoms. The summed E-state index contributed by atoms with van der Waals surface area (Å²) < 4.78 is 7.90. The van der Waals surface area contributed by atoms with E-state index in [2.05, 4.69) is 21.7 Å². The Morgan fingerprint density at radius 3 is 2.83 bits per heavy atom. The van der Waals surface area contributed by atoms with Crippen LogP contribution in [-0.4, -0.2) is 9.55 Å². The minimum atomic E-state index is 0.608. The molecule has 1 aliphatic rings. The van der Waals surface area contributed by atoms with Crippen molar-refractivity contribution in [1.82, 2.24) is 9.55 Å². The number of imidazole rings is 1. The van der Waals surface area contributed by atoms with Crippen LogP contribution >= 0.6 is 0 Å². The van der Waals surface area contributed by atoms with E-state index in [1.165, 1.54) is 29.8 Å². The van der Waals surface area contributed by atoms with Gasteiger partial charge in [0, 0.05) is 5.69 Å². The van der Waals surface area contributed by atoms with Crippen LogP contribution in [0.1, 0.15) is 29.8 Å². The van der Waals surface area contributed by atoms with E-state index in [4.69, 9.17) is 4.74 Å². The van der Waals surface area contributed by atoms with Gasteiger partial charge >= 0.3 is 0 Å². The van der Waals surface area contributed by atoms with Gasteiger partial charge in [0.2, 0.25) is 0 Å². The van der Waals surface area contributed by atoms with Gasteiger partial charge in [0.1, 0.15) is 6.73 Å². The van der Waals surface area contributed by atoms with Crippen molar-refractivity contribution < 1.29 is 4.74 Å². The summed E-state index contributed by atoms with van der Waals surface area (Å²) in [7, 11) is 0. The lowest BCUT2D eigenvalue weighted by Crippen LogP contribution is -2.10. The number of nitrogens with zero attached hydrogens (tertiary/aromatic N) is 2. The molecule has 1 aliphatic carbocycles. The van der Waals surface area contributed by atoms with Gasteiger partial charge in [-0.05, 0) is 31.2 Å². The quantitative estimate of drug-likeness (QED) is 0.824. The fourth-order valence-corrected chi connectivity index (χ4v) is 2.48. The molecular formula is C15H18N2O. The van der Waals surface area contributed by atoms with Gasteiger partial charge in [-0.25, -0.2) is 4.98 Å². The minimum absolute atomic E-state index is 0.608. The molecule has 2 aromatic rings. The Morgan fingerprint density at radius 2 is 1.94 bits per heavy atom. The van der Waals surface area contributed by atoms with E-state index in [1.807, 2.05) is 24.5 Å². The smallest absolute Gasteiger partial charge is 0.124 e. The molecule has 0 atom stereocenters. The summed E-state index contributed by atoms with van der Waals surface area (Å²) in [6.07, 6.45) is 6.73. The van der Waals surface area contributed by atoms with Crippen LogP contribution in [-0.2, 0) is 30.9 Å². The normalized spacial score (nSPS) is 14.4. The number of aromatic nitrogens is 2. The molecule has 0 saturated carbocycles. The van der Waals surface area contributed by atoms with Gasteiger partial charge in [0.05, 0.1) is 18.6 Å². The maximum Gasteiger partial charge on any atom is 0.124 e. The van der Waals surface area contributed by atoms with E-state index < -0.39 is 0 Å². The second-order valence-electron chi connectivity index (χ2n) is 4.78. The molecular weight excluding hydrogens is 224 g/mol. The SMILES string of the molecule is c1ccc(COCn2cnc3c2CCCC3)cc1. The van der Waals surface area contributed by atoms with Crippen molar-refractivity contribution in [2.45, 2.75) is 39.0 Å². The monoisotopic (exact) mass is 242 g/mol. The minimum Gasteiger partial charge on any atom is -0.356 e. The maximum atomic E-state index is 5.75. The van der Waals surface area contributed by atoms with Crippen molar-refractivity contribution in [1.29, 1.82) is 0 Å². The molecule has 0 radical (unpaired) electrons. The molecule has 0 fully saturated rings. The number of rotatable bonds is 4. The number of ether oxygens (including phenoxy) is 1. The van der Waals surface area contributed by atoms with Crippen LogP contribution in [0, 0.1) is 0 Å². The van der Waals surface area contributed by atoms with Crippen molar-refractivity contribution in [2.75, 3.05) is 0 Å². The highest BCUT2D eigenvalue weighted by molar-refractivity contribution is 5.16. The zero-order valence-electron chi connectivity index (χ0n) is 10.5. The van der Waals surface area contributed by atoms with E-state index in [1.54, 1.807) is 0 Å². The number of hydrogen-bond donors (Lipinski definition) is 0. The summed E-state index contributed by atoms with van der Waals surface area (Å²) in [5, 5.41) is 0. The average Bonchev–Trinajstić information content (AvgIpc) is 2.84. The molecule has 0 N–H and O–H groups in total. The third kappa shape index (κ3) is 2.46. The summed E-state index contributed by atoms with van der Waals surface area (Å²) >= 11 is 0. The zero-order chi connectivity index (χ0) is 12.2. The van der Waals surface area contributed by atoms with Gasteiger partial charge in [0.25, 0.3) is 0 Å². The van der Waals surface area contributed by atoms with Crippen molar-refractivity contribution >= 4 is 0 Å². The summed E-state index contributed by atoms with van der Waals surface area (Å²) in [5.41, 5.74) is 3.85. The summed E-state index contributed by atoms with van der Waals surface area (Å²) in [6, 6.07) is 10.3. The Morgan fingerprint density at radius 1 is 1.11 bits per heavy atom. The zero-order valence-corrected chi connectivity index (χ0v) is 10.5. The molecule has 0 amide bonds. The molecule has 0 unspecified atom stereocenters. The third-order valence-corrected chi connectivity index (χ3v) is 3.45. The van der Waals surface area contributed by atoms with Gasteiger partial charge in [0.15, 0.2) is 0 Å². The van der Waals surface area contributed by atoms with Crippen molar-refractivity contribution in [3.05, 3.63) is 53.6 Å². The van der Waals surface area contributed by atoms with Crippen molar-refractivity contribution in [3.8, 4) is 0 Å². The fourth-order valence-electron chi connectivity index (χ4n) is 2.48. The Labute approximate surface area is 107 Å². The molecule has 1 aromatic carbocycles. The van der Waals surface area contributed by atoms with E-state index >= 15 is 0 Å². The first kappa shape index (κ1) is 11.5. The van der Waals surface area contributed by atoms with Crippen LogP contribution in [0.5, 0.6) is 0 Å². The second kappa shape index (κ2) is 5.36. The molecule has 0 bridgehead atoms. The van der Waals surface area contributed by atoms with E-state index in [0.29, 0.717) is 13.3 Å². The first-order chi connectivity index (χ1) is 8.93. The molecule has 3 nitrogen and oxygen atoms in total. The summed E-state index contributed by atoms with van der Waals surface area (Å²) in [6.45, 7) is 1.27. The number of benzene rings is 1. The lowest BCUT2D eigenvalue weighted by Gasteiger charge is -2.14. The van der Waals surface area contributed by atoms with Crippen LogP contribution in [0.3, 0.4) is 0 Å². The van der Waals surface area contributed by atoms with Crippen LogP contribution < -0.4 is 0 Å². The van der Waals surface area contributed by atoms with E-state index in [9.17, 15) is 0 Å². The van der Waals surface area contributed by atoms with Gasteiger partial charge in [-0.15, -0.1) is 0 Å². The maximum absolute atomic E-state index is 5.75. The van der Waals surface area contributed by atoms with E-state index in [0.717, 1.165) is 12.8 Å². The summed E-state index contributed by atoms with van der Waals surface area (Å²) in [5.74, 6) is 0. The van der Waals surface area contributed by atoms with Gasteiger partial charge in [-0.3, -0.25) is 0 Å². The van der Waals surface area contributed by atoms with Crippen molar-refractivity contribution in [2.24, 2.45) is 0 Å². The van der Waals surface area contributed by atoms with Gasteiger partial charge < -0.3 is 9.30 Å². The largest absolute Gasteiger partial charge is 0.356 e. The summed E-state index contributed by atoms with van der Waals surface area (Å²) in [4.78, 5) is 4.47. The second-order valence-corrected chi connectivity index (χ2v) is 4.78. The topological polar surface area (TPSA) is 27.1 Å². The molecule has 3 heteroatoms. The Hall–Kier alpha value is -1.61. The number of aryl methyl sites for hydroxylation is 1. The van der Waals surface area contributed by atoms with Crippen LogP contribution in [0.4, 0.5) is 0 Å². The average molecular weight is 242 g/mol. The molecule has 0 saturated heterocycles. The standard InChI is InChI=1S/C15H18N2O/c1-2-6-13(7-3-1)10-18-12-17-11-16-14-8-4-5-9-15(14)17/h1-3,6-7,11H,4-5,8-10,12H2. The van der Waals surface area contributed by atoms with Crippen molar-refractivity contribution in [3.63, 3.8) is 0 Å². The predicted octanol–water partition coefficient (Wildman–Crippen LogP) is 2.94. The van der Waals surface area contributed by atoms with Gasteiger partial charge in [-0.2, -0.15) is 0 Å². The lowest BCUT2D eigenvalue weighted by molar-refractivity contribution is 0.0620. The highest BCUT2D eigenvalue weighted by Gasteiger charge is 2.14. The van der Waals surface area contributed by atoms with Gasteiger partial charge in [-0.1, -0.05) is 30.3 Å². The predicted molar refractivity (Wildman–Crippen MR) is 70.1 cm³/mol. The van der Waals surface area contributed by atoms with Crippen LogP contribution in [0.25, 0.3) is 0 Å². The van der Waals surface area contributed by atoms with Crippen LogP contribution in [0.2, 0.25) is 0 Å². The fraction of sp³-hybridized carbons (Fsp3) is 0.400. The Kier molecular flexibility index (Phi) is 3.42. The number of fused-ring (bicyclic) bond motifs is 1. The highest BCUT2D eigenvalue weighted by Crippen LogP contribution is 2.19. The molecule has 1 heterocycles. The number of hydrogen-bond acceptors (Lipinski definition) is 2. The first-order valence-corrected chi connectivity index (χ1v) is 6.58.